The maximum atomic E-state index is 5.97. The normalized spacial score (nSPS) is 15.6. The highest BCUT2D eigenvalue weighted by Crippen LogP contribution is 2.20. The summed E-state index contributed by atoms with van der Waals surface area (Å²) < 4.78 is 8.78. The maximum Gasteiger partial charge on any atom is 0.0925 e. The molecule has 0 fully saturated rings. The first kappa shape index (κ1) is 10.6. The Morgan fingerprint density at radius 3 is 3.00 bits per heavy atom. The summed E-state index contributed by atoms with van der Waals surface area (Å²) in [7, 11) is 1.70. The van der Waals surface area contributed by atoms with Crippen molar-refractivity contribution in [3.05, 3.63) is 11.1 Å². The molecule has 5 heteroatoms. The van der Waals surface area contributed by atoms with Crippen LogP contribution in [0.2, 0.25) is 0 Å². The highest BCUT2D eigenvalue weighted by atomic mass is 32.1. The lowest BCUT2D eigenvalue weighted by Gasteiger charge is -2.16. The van der Waals surface area contributed by atoms with Crippen molar-refractivity contribution >= 4 is 11.5 Å². The van der Waals surface area contributed by atoms with Gasteiger partial charge < -0.3 is 10.5 Å². The predicted octanol–water partition coefficient (Wildman–Crippen LogP) is 1.21. The predicted molar refractivity (Wildman–Crippen MR) is 52.5 cm³/mol. The first-order chi connectivity index (χ1) is 6.25. The smallest absolute Gasteiger partial charge is 0.0925 e. The maximum absolute atomic E-state index is 5.97. The van der Waals surface area contributed by atoms with Crippen LogP contribution in [-0.2, 0) is 4.74 Å². The summed E-state index contributed by atoms with van der Waals surface area (Å²) in [4.78, 5) is 0. The van der Waals surface area contributed by atoms with Crippen LogP contribution in [0.15, 0.2) is 5.38 Å². The molecule has 0 saturated heterocycles. The quantitative estimate of drug-likeness (QED) is 0.778. The molecule has 0 aromatic carbocycles. The summed E-state index contributed by atoms with van der Waals surface area (Å²) >= 11 is 1.34. The van der Waals surface area contributed by atoms with Crippen LogP contribution in [0.1, 0.15) is 25.1 Å². The number of methoxy groups -OCH3 is 1. The fourth-order valence-electron chi connectivity index (χ4n) is 1.09. The van der Waals surface area contributed by atoms with Crippen molar-refractivity contribution in [3.63, 3.8) is 0 Å². The van der Waals surface area contributed by atoms with Crippen LogP contribution >= 0.6 is 11.5 Å². The van der Waals surface area contributed by atoms with Crippen molar-refractivity contribution in [3.8, 4) is 0 Å². The van der Waals surface area contributed by atoms with Gasteiger partial charge in [-0.2, -0.15) is 0 Å². The molecular weight excluding hydrogens is 186 g/mol. The van der Waals surface area contributed by atoms with E-state index in [4.69, 9.17) is 10.5 Å². The molecule has 74 valence electrons. The van der Waals surface area contributed by atoms with E-state index in [0.717, 1.165) is 18.7 Å². The lowest BCUT2D eigenvalue weighted by atomic mass is 9.97. The van der Waals surface area contributed by atoms with Crippen LogP contribution in [0.5, 0.6) is 0 Å². The summed E-state index contributed by atoms with van der Waals surface area (Å²) in [5, 5.41) is 5.84. The van der Waals surface area contributed by atoms with E-state index < -0.39 is 0 Å². The minimum Gasteiger partial charge on any atom is -0.385 e. The third kappa shape index (κ3) is 3.02. The summed E-state index contributed by atoms with van der Waals surface area (Å²) in [6.07, 6.45) is 0.954. The molecule has 0 bridgehead atoms. The molecule has 13 heavy (non-hydrogen) atoms. The van der Waals surface area contributed by atoms with E-state index in [0.29, 0.717) is 5.92 Å². The largest absolute Gasteiger partial charge is 0.385 e. The van der Waals surface area contributed by atoms with Gasteiger partial charge in [-0.15, -0.1) is 5.10 Å². The van der Waals surface area contributed by atoms with Crippen LogP contribution in [0.3, 0.4) is 0 Å². The van der Waals surface area contributed by atoms with Crippen LogP contribution in [0.4, 0.5) is 0 Å². The molecule has 1 heterocycles. The number of nitrogens with two attached hydrogens (primary N) is 1. The molecule has 2 N–H and O–H groups in total. The minimum absolute atomic E-state index is 0.0195. The first-order valence-electron chi connectivity index (χ1n) is 4.27. The minimum atomic E-state index is -0.0195. The van der Waals surface area contributed by atoms with Crippen LogP contribution in [0, 0.1) is 5.92 Å². The lowest BCUT2D eigenvalue weighted by Crippen LogP contribution is -2.20. The van der Waals surface area contributed by atoms with Gasteiger partial charge in [-0.3, -0.25) is 0 Å². The molecular formula is C8H15N3OS. The fraction of sp³-hybridized carbons (Fsp3) is 0.750. The van der Waals surface area contributed by atoms with Gasteiger partial charge in [-0.1, -0.05) is 11.4 Å². The molecule has 0 saturated carbocycles. The van der Waals surface area contributed by atoms with Gasteiger partial charge in [0.05, 0.1) is 11.7 Å². The summed E-state index contributed by atoms with van der Waals surface area (Å²) in [5.41, 5.74) is 6.86. The molecule has 0 amide bonds. The average Bonchev–Trinajstić information content (AvgIpc) is 2.65. The second-order valence-corrected chi connectivity index (χ2v) is 3.72. The molecule has 0 aliphatic heterocycles. The summed E-state index contributed by atoms with van der Waals surface area (Å²) in [6.45, 7) is 2.84. The molecule has 1 aromatic heterocycles. The van der Waals surface area contributed by atoms with E-state index in [2.05, 4.69) is 16.5 Å². The summed E-state index contributed by atoms with van der Waals surface area (Å²) in [5.74, 6) is 0.379. The van der Waals surface area contributed by atoms with Crippen LogP contribution in [0.25, 0.3) is 0 Å². The lowest BCUT2D eigenvalue weighted by molar-refractivity contribution is 0.174. The molecule has 0 aliphatic rings. The zero-order valence-corrected chi connectivity index (χ0v) is 8.75. The van der Waals surface area contributed by atoms with Gasteiger partial charge >= 0.3 is 0 Å². The molecule has 1 rings (SSSR count). The number of nitrogens with zero attached hydrogens (tertiary/aromatic N) is 2. The van der Waals surface area contributed by atoms with Crippen LogP contribution in [-0.4, -0.2) is 23.3 Å². The number of hydrogen-bond acceptors (Lipinski definition) is 5. The highest BCUT2D eigenvalue weighted by Gasteiger charge is 2.16. The molecule has 0 spiro atoms. The van der Waals surface area contributed by atoms with Gasteiger partial charge in [0, 0.05) is 19.1 Å². The second-order valence-electron chi connectivity index (χ2n) is 3.11. The van der Waals surface area contributed by atoms with E-state index in [-0.39, 0.29) is 6.04 Å². The van der Waals surface area contributed by atoms with Gasteiger partial charge in [0.1, 0.15) is 0 Å². The Labute approximate surface area is 82.3 Å². The average molecular weight is 201 g/mol. The zero-order valence-electron chi connectivity index (χ0n) is 7.93. The third-order valence-corrected chi connectivity index (χ3v) is 2.63. The van der Waals surface area contributed by atoms with Crippen molar-refractivity contribution < 1.29 is 4.74 Å². The Morgan fingerprint density at radius 2 is 2.46 bits per heavy atom. The van der Waals surface area contributed by atoms with E-state index in [1.807, 2.05) is 5.38 Å². The van der Waals surface area contributed by atoms with E-state index in [1.165, 1.54) is 11.5 Å². The number of aromatic nitrogens is 2. The van der Waals surface area contributed by atoms with Crippen molar-refractivity contribution in [2.24, 2.45) is 11.7 Å². The second kappa shape index (κ2) is 5.26. The molecule has 1 aromatic rings. The van der Waals surface area contributed by atoms with Crippen molar-refractivity contribution in [2.75, 3.05) is 13.7 Å². The van der Waals surface area contributed by atoms with Crippen molar-refractivity contribution in [1.82, 2.24) is 9.59 Å². The van der Waals surface area contributed by atoms with Crippen LogP contribution < -0.4 is 5.73 Å². The van der Waals surface area contributed by atoms with E-state index >= 15 is 0 Å². The van der Waals surface area contributed by atoms with Crippen molar-refractivity contribution in [1.29, 1.82) is 0 Å². The molecule has 0 radical (unpaired) electrons. The Balaban J connectivity index is 2.43. The number of ether oxygens (including phenoxy) is 1. The van der Waals surface area contributed by atoms with E-state index in [1.54, 1.807) is 7.11 Å². The third-order valence-electron chi connectivity index (χ3n) is 2.11. The number of rotatable bonds is 5. The zero-order chi connectivity index (χ0) is 9.68. The van der Waals surface area contributed by atoms with Gasteiger partial charge in [0.2, 0.25) is 0 Å². The SMILES string of the molecule is COCCC(C)C(N)c1csnn1. The van der Waals surface area contributed by atoms with E-state index in [9.17, 15) is 0 Å². The number of hydrogen-bond donors (Lipinski definition) is 1. The Bertz CT molecular complexity index is 227. The van der Waals surface area contributed by atoms with Gasteiger partial charge in [-0.25, -0.2) is 0 Å². The fourth-order valence-corrected chi connectivity index (χ4v) is 1.59. The first-order valence-corrected chi connectivity index (χ1v) is 5.10. The summed E-state index contributed by atoms with van der Waals surface area (Å²) in [6, 6.07) is -0.0195. The van der Waals surface area contributed by atoms with Crippen molar-refractivity contribution in [2.45, 2.75) is 19.4 Å². The Morgan fingerprint density at radius 1 is 1.69 bits per heavy atom. The topological polar surface area (TPSA) is 61.0 Å². The highest BCUT2D eigenvalue weighted by molar-refractivity contribution is 7.03. The Kier molecular flexibility index (Phi) is 4.27. The van der Waals surface area contributed by atoms with Gasteiger partial charge in [0.25, 0.3) is 0 Å². The van der Waals surface area contributed by atoms with Gasteiger partial charge in [0.15, 0.2) is 0 Å². The molecule has 0 aliphatic carbocycles. The monoisotopic (exact) mass is 201 g/mol. The molecule has 2 atom stereocenters. The molecule has 4 nitrogen and oxygen atoms in total. The standard InChI is InChI=1S/C8H15N3OS/c1-6(3-4-12-2)8(9)7-5-13-11-10-7/h5-6,8H,3-4,9H2,1-2H3. The molecule has 2 unspecified atom stereocenters. The van der Waals surface area contributed by atoms with Gasteiger partial charge in [-0.05, 0) is 23.9 Å². The Hall–Kier alpha value is -0.520.